The van der Waals surface area contributed by atoms with E-state index in [2.05, 4.69) is 4.98 Å². The molecule has 3 nitrogen and oxygen atoms in total. The summed E-state index contributed by atoms with van der Waals surface area (Å²) in [5.74, 6) is -0.243. The Labute approximate surface area is 88.5 Å². The minimum Gasteiger partial charge on any atom is -0.449 e. The number of hydrogen-bond donors (Lipinski definition) is 0. The number of rotatable bonds is 0. The molecule has 2 aliphatic rings. The van der Waals surface area contributed by atoms with Gasteiger partial charge >= 0.3 is 5.97 Å². The van der Waals surface area contributed by atoms with Crippen LogP contribution < -0.4 is 0 Å². The molecule has 1 aliphatic heterocycles. The topological polar surface area (TPSA) is 39.2 Å². The lowest BCUT2D eigenvalue weighted by atomic mass is 9.80. The lowest BCUT2D eigenvalue weighted by molar-refractivity contribution is -0.0281. The summed E-state index contributed by atoms with van der Waals surface area (Å²) in [6.45, 7) is 0. The Balaban J connectivity index is 2.10. The van der Waals surface area contributed by atoms with Crippen molar-refractivity contribution in [1.29, 1.82) is 0 Å². The van der Waals surface area contributed by atoms with Gasteiger partial charge in [-0.1, -0.05) is 12.5 Å². The van der Waals surface area contributed by atoms with Crippen molar-refractivity contribution in [3.63, 3.8) is 0 Å². The fraction of sp³-hybridized carbons (Fsp3) is 0.500. The zero-order valence-electron chi connectivity index (χ0n) is 8.53. The Morgan fingerprint density at radius 2 is 2.07 bits per heavy atom. The predicted octanol–water partition coefficient (Wildman–Crippen LogP) is 2.41. The number of esters is 1. The normalized spacial score (nSPS) is 22.5. The molecule has 15 heavy (non-hydrogen) atoms. The molecule has 1 aromatic heterocycles. The fourth-order valence-corrected chi connectivity index (χ4v) is 2.71. The Kier molecular flexibility index (Phi) is 1.81. The summed E-state index contributed by atoms with van der Waals surface area (Å²) < 4.78 is 5.56. The van der Waals surface area contributed by atoms with Crippen molar-refractivity contribution in [2.75, 3.05) is 0 Å². The molecular formula is C12H13NO2. The maximum absolute atomic E-state index is 11.7. The van der Waals surface area contributed by atoms with Gasteiger partial charge in [-0.3, -0.25) is 0 Å². The molecule has 0 amide bonds. The monoisotopic (exact) mass is 203 g/mol. The van der Waals surface area contributed by atoms with E-state index in [1.54, 1.807) is 6.20 Å². The maximum Gasteiger partial charge on any atom is 0.358 e. The van der Waals surface area contributed by atoms with E-state index in [4.69, 9.17) is 4.74 Å². The molecule has 1 aliphatic carbocycles. The van der Waals surface area contributed by atoms with Gasteiger partial charge < -0.3 is 4.74 Å². The minimum atomic E-state index is -0.334. The Morgan fingerprint density at radius 1 is 1.27 bits per heavy atom. The highest BCUT2D eigenvalue weighted by molar-refractivity contribution is 5.92. The maximum atomic E-state index is 11.7. The van der Waals surface area contributed by atoms with Gasteiger partial charge in [-0.2, -0.15) is 0 Å². The number of carbonyl (C=O) groups excluding carboxylic acids is 1. The Morgan fingerprint density at radius 3 is 2.87 bits per heavy atom. The molecule has 1 aromatic rings. The van der Waals surface area contributed by atoms with Crippen LogP contribution in [0.1, 0.15) is 48.2 Å². The molecule has 2 heterocycles. The molecule has 0 radical (unpaired) electrons. The van der Waals surface area contributed by atoms with Gasteiger partial charge in [0.25, 0.3) is 0 Å². The summed E-state index contributed by atoms with van der Waals surface area (Å²) in [7, 11) is 0. The molecule has 0 unspecified atom stereocenters. The molecule has 1 fully saturated rings. The zero-order chi connectivity index (χ0) is 10.3. The number of pyridine rings is 1. The Bertz CT molecular complexity index is 408. The standard InChI is InChI=1S/C12H13NO2/c14-11-10-9(5-4-8-13-10)12(15-11)6-2-1-3-7-12/h4-5,8H,1-3,6-7H2. The van der Waals surface area contributed by atoms with Crippen molar-refractivity contribution in [3.05, 3.63) is 29.6 Å². The van der Waals surface area contributed by atoms with E-state index in [1.165, 1.54) is 6.42 Å². The molecule has 0 saturated heterocycles. The number of nitrogens with zero attached hydrogens (tertiary/aromatic N) is 1. The average Bonchev–Trinajstić information content (AvgIpc) is 2.55. The molecule has 0 atom stereocenters. The van der Waals surface area contributed by atoms with Gasteiger partial charge in [-0.15, -0.1) is 0 Å². The molecular weight excluding hydrogens is 190 g/mol. The summed E-state index contributed by atoms with van der Waals surface area (Å²) in [6.07, 6.45) is 7.09. The number of ether oxygens (including phenoxy) is 1. The van der Waals surface area contributed by atoms with Crippen molar-refractivity contribution in [3.8, 4) is 0 Å². The zero-order valence-corrected chi connectivity index (χ0v) is 8.53. The third kappa shape index (κ3) is 1.19. The molecule has 1 spiro atoms. The van der Waals surface area contributed by atoms with E-state index in [9.17, 15) is 4.79 Å². The van der Waals surface area contributed by atoms with Crippen molar-refractivity contribution < 1.29 is 9.53 Å². The van der Waals surface area contributed by atoms with Crippen molar-refractivity contribution in [1.82, 2.24) is 4.98 Å². The van der Waals surface area contributed by atoms with Crippen LogP contribution >= 0.6 is 0 Å². The lowest BCUT2D eigenvalue weighted by Crippen LogP contribution is -2.28. The number of aromatic nitrogens is 1. The first-order valence-corrected chi connectivity index (χ1v) is 5.51. The van der Waals surface area contributed by atoms with Gasteiger partial charge in [0.1, 0.15) is 5.60 Å². The third-order valence-electron chi connectivity index (χ3n) is 3.44. The number of carbonyl (C=O) groups is 1. The van der Waals surface area contributed by atoms with Crippen LogP contribution in [0, 0.1) is 0 Å². The van der Waals surface area contributed by atoms with Gasteiger partial charge in [0.2, 0.25) is 0 Å². The molecule has 3 heteroatoms. The van der Waals surface area contributed by atoms with Crippen LogP contribution in [0.15, 0.2) is 18.3 Å². The predicted molar refractivity (Wildman–Crippen MR) is 54.4 cm³/mol. The summed E-state index contributed by atoms with van der Waals surface area (Å²) in [6, 6.07) is 3.87. The van der Waals surface area contributed by atoms with Gasteiger partial charge in [0.15, 0.2) is 5.69 Å². The van der Waals surface area contributed by atoms with Gasteiger partial charge in [-0.25, -0.2) is 9.78 Å². The Hall–Kier alpha value is -1.38. The highest BCUT2D eigenvalue weighted by Crippen LogP contribution is 2.45. The third-order valence-corrected chi connectivity index (χ3v) is 3.44. The van der Waals surface area contributed by atoms with Gasteiger partial charge in [-0.05, 0) is 31.7 Å². The quantitative estimate of drug-likeness (QED) is 0.608. The first-order chi connectivity index (χ1) is 7.32. The molecule has 3 rings (SSSR count). The second kappa shape index (κ2) is 3.05. The van der Waals surface area contributed by atoms with E-state index >= 15 is 0 Å². The van der Waals surface area contributed by atoms with E-state index in [1.807, 2.05) is 12.1 Å². The molecule has 0 N–H and O–H groups in total. The first-order valence-electron chi connectivity index (χ1n) is 5.51. The molecule has 78 valence electrons. The smallest absolute Gasteiger partial charge is 0.358 e. The summed E-state index contributed by atoms with van der Waals surface area (Å²) in [5, 5.41) is 0. The lowest BCUT2D eigenvalue weighted by Gasteiger charge is -2.32. The summed E-state index contributed by atoms with van der Waals surface area (Å²) in [4.78, 5) is 15.8. The average molecular weight is 203 g/mol. The van der Waals surface area contributed by atoms with E-state index in [0.717, 1.165) is 31.2 Å². The van der Waals surface area contributed by atoms with E-state index < -0.39 is 0 Å². The molecule has 0 bridgehead atoms. The van der Waals surface area contributed by atoms with E-state index in [-0.39, 0.29) is 11.6 Å². The van der Waals surface area contributed by atoms with Gasteiger partial charge in [0.05, 0.1) is 0 Å². The largest absolute Gasteiger partial charge is 0.449 e. The van der Waals surface area contributed by atoms with Crippen molar-refractivity contribution in [2.45, 2.75) is 37.7 Å². The highest BCUT2D eigenvalue weighted by atomic mass is 16.6. The van der Waals surface area contributed by atoms with Crippen LogP contribution in [0.5, 0.6) is 0 Å². The highest BCUT2D eigenvalue weighted by Gasteiger charge is 2.46. The van der Waals surface area contributed by atoms with Crippen molar-refractivity contribution >= 4 is 5.97 Å². The summed E-state index contributed by atoms with van der Waals surface area (Å²) in [5.41, 5.74) is 1.20. The number of hydrogen-bond acceptors (Lipinski definition) is 3. The van der Waals surface area contributed by atoms with Crippen LogP contribution in [0.2, 0.25) is 0 Å². The van der Waals surface area contributed by atoms with Crippen LogP contribution in [0.25, 0.3) is 0 Å². The van der Waals surface area contributed by atoms with Crippen LogP contribution in [-0.2, 0) is 10.3 Å². The van der Waals surface area contributed by atoms with Gasteiger partial charge in [0, 0.05) is 11.8 Å². The van der Waals surface area contributed by atoms with Crippen LogP contribution in [-0.4, -0.2) is 11.0 Å². The van der Waals surface area contributed by atoms with Crippen LogP contribution in [0.3, 0.4) is 0 Å². The second-order valence-corrected chi connectivity index (χ2v) is 4.34. The SMILES string of the molecule is O=C1OC2(CCCCC2)c2cccnc21. The number of fused-ring (bicyclic) bond motifs is 2. The second-order valence-electron chi connectivity index (χ2n) is 4.34. The van der Waals surface area contributed by atoms with E-state index in [0.29, 0.717) is 5.69 Å². The summed E-state index contributed by atoms with van der Waals surface area (Å²) >= 11 is 0. The van der Waals surface area contributed by atoms with Crippen molar-refractivity contribution in [2.24, 2.45) is 0 Å². The molecule has 1 saturated carbocycles. The van der Waals surface area contributed by atoms with Crippen LogP contribution in [0.4, 0.5) is 0 Å². The molecule has 0 aromatic carbocycles. The minimum absolute atomic E-state index is 0.243. The first kappa shape index (κ1) is 8.89. The fourth-order valence-electron chi connectivity index (χ4n) is 2.71.